The maximum atomic E-state index is 11.5. The monoisotopic (exact) mass is 300 g/mol. The van der Waals surface area contributed by atoms with Crippen LogP contribution in [0.3, 0.4) is 0 Å². The molecule has 0 radical (unpaired) electrons. The first-order valence-corrected chi connectivity index (χ1v) is 8.10. The van der Waals surface area contributed by atoms with Gasteiger partial charge in [0.1, 0.15) is 5.60 Å². The third kappa shape index (κ3) is 8.94. The van der Waals surface area contributed by atoms with Crippen LogP contribution in [-0.2, 0) is 9.47 Å². The van der Waals surface area contributed by atoms with Crippen molar-refractivity contribution in [1.82, 2.24) is 10.6 Å². The molecule has 1 aliphatic rings. The molecule has 2 N–H and O–H groups in total. The van der Waals surface area contributed by atoms with Crippen molar-refractivity contribution < 1.29 is 14.3 Å². The minimum absolute atomic E-state index is 0.340. The molecule has 124 valence electrons. The summed E-state index contributed by atoms with van der Waals surface area (Å²) in [6.07, 6.45) is 5.66. The Hall–Kier alpha value is -0.810. The highest BCUT2D eigenvalue weighted by molar-refractivity contribution is 5.67. The number of ether oxygens (including phenoxy) is 2. The van der Waals surface area contributed by atoms with Crippen molar-refractivity contribution in [3.05, 3.63) is 0 Å². The third-order valence-corrected chi connectivity index (χ3v) is 3.69. The smallest absolute Gasteiger partial charge is 0.407 e. The average Bonchev–Trinajstić information content (AvgIpc) is 2.30. The molecule has 0 aromatic heterocycles. The number of carbonyl (C=O) groups is 1. The summed E-state index contributed by atoms with van der Waals surface area (Å²) < 4.78 is 10.5. The quantitative estimate of drug-likeness (QED) is 0.643. The van der Waals surface area contributed by atoms with Gasteiger partial charge in [0.25, 0.3) is 0 Å². The van der Waals surface area contributed by atoms with Gasteiger partial charge in [0.05, 0.1) is 6.61 Å². The van der Waals surface area contributed by atoms with Crippen LogP contribution in [0, 0.1) is 5.92 Å². The number of amides is 1. The van der Waals surface area contributed by atoms with Gasteiger partial charge < -0.3 is 20.1 Å². The molecule has 5 heteroatoms. The van der Waals surface area contributed by atoms with E-state index >= 15 is 0 Å². The molecule has 1 saturated carbocycles. The summed E-state index contributed by atoms with van der Waals surface area (Å²) in [5.74, 6) is 0.851. The minimum atomic E-state index is -0.438. The fourth-order valence-corrected chi connectivity index (χ4v) is 2.33. The van der Waals surface area contributed by atoms with Gasteiger partial charge in [-0.05, 0) is 58.9 Å². The lowest BCUT2D eigenvalue weighted by Gasteiger charge is -2.28. The molecule has 0 saturated heterocycles. The van der Waals surface area contributed by atoms with E-state index in [0.29, 0.717) is 12.6 Å². The van der Waals surface area contributed by atoms with Crippen molar-refractivity contribution in [2.24, 2.45) is 5.92 Å². The van der Waals surface area contributed by atoms with Crippen LogP contribution in [0.4, 0.5) is 4.79 Å². The molecule has 0 aromatic rings. The average molecular weight is 300 g/mol. The van der Waals surface area contributed by atoms with E-state index in [2.05, 4.69) is 10.6 Å². The van der Waals surface area contributed by atoms with Gasteiger partial charge in [-0.1, -0.05) is 6.42 Å². The number of methoxy groups -OCH3 is 1. The van der Waals surface area contributed by atoms with Gasteiger partial charge >= 0.3 is 6.09 Å². The molecule has 0 aliphatic heterocycles. The Morgan fingerprint density at radius 2 is 2.05 bits per heavy atom. The topological polar surface area (TPSA) is 59.6 Å². The predicted molar refractivity (Wildman–Crippen MR) is 84.5 cm³/mol. The van der Waals surface area contributed by atoms with Crippen LogP contribution >= 0.6 is 0 Å². The van der Waals surface area contributed by atoms with E-state index in [9.17, 15) is 4.79 Å². The Balaban J connectivity index is 2.10. The normalized spacial score (nSPS) is 17.1. The highest BCUT2D eigenvalue weighted by atomic mass is 16.6. The Morgan fingerprint density at radius 1 is 1.33 bits per heavy atom. The molecule has 1 unspecified atom stereocenters. The summed E-state index contributed by atoms with van der Waals surface area (Å²) in [6.45, 7) is 8.05. The number of nitrogens with one attached hydrogen (secondary N) is 2. The van der Waals surface area contributed by atoms with Gasteiger partial charge in [-0.25, -0.2) is 4.79 Å². The van der Waals surface area contributed by atoms with Crippen molar-refractivity contribution in [2.75, 3.05) is 26.8 Å². The fourth-order valence-electron chi connectivity index (χ4n) is 2.33. The minimum Gasteiger partial charge on any atom is -0.444 e. The maximum absolute atomic E-state index is 11.5. The summed E-state index contributed by atoms with van der Waals surface area (Å²) >= 11 is 0. The molecule has 0 spiro atoms. The van der Waals surface area contributed by atoms with E-state index < -0.39 is 5.60 Å². The molecule has 1 aliphatic carbocycles. The predicted octanol–water partition coefficient (Wildman–Crippen LogP) is 2.70. The molecule has 21 heavy (non-hydrogen) atoms. The number of carbonyl (C=O) groups excluding carboxylic acids is 1. The highest BCUT2D eigenvalue weighted by Crippen LogP contribution is 2.25. The number of alkyl carbamates (subject to hydrolysis) is 1. The first-order chi connectivity index (χ1) is 9.90. The first kappa shape index (κ1) is 18.2. The molecule has 0 aromatic carbocycles. The van der Waals surface area contributed by atoms with Gasteiger partial charge in [0.2, 0.25) is 0 Å². The van der Waals surface area contributed by atoms with Crippen LogP contribution in [0.1, 0.15) is 52.9 Å². The van der Waals surface area contributed by atoms with E-state index in [0.717, 1.165) is 31.9 Å². The van der Waals surface area contributed by atoms with E-state index in [1.165, 1.54) is 19.3 Å². The van der Waals surface area contributed by atoms with Crippen molar-refractivity contribution in [1.29, 1.82) is 0 Å². The van der Waals surface area contributed by atoms with Crippen molar-refractivity contribution in [2.45, 2.75) is 64.5 Å². The Morgan fingerprint density at radius 3 is 2.57 bits per heavy atom. The SMILES string of the molecule is COCC(CCCNC(=O)OC(C)(C)C)NCC1CCC1. The molecule has 1 atom stereocenters. The third-order valence-electron chi connectivity index (χ3n) is 3.69. The van der Waals surface area contributed by atoms with Crippen LogP contribution < -0.4 is 10.6 Å². The van der Waals surface area contributed by atoms with Gasteiger partial charge in [-0.3, -0.25) is 0 Å². The van der Waals surface area contributed by atoms with Gasteiger partial charge in [0.15, 0.2) is 0 Å². The maximum Gasteiger partial charge on any atom is 0.407 e. The lowest BCUT2D eigenvalue weighted by molar-refractivity contribution is 0.0526. The molecular formula is C16H32N2O3. The number of hydrogen-bond donors (Lipinski definition) is 2. The second-order valence-corrected chi connectivity index (χ2v) is 6.93. The molecule has 1 fully saturated rings. The van der Waals surface area contributed by atoms with Crippen molar-refractivity contribution in [3.8, 4) is 0 Å². The van der Waals surface area contributed by atoms with Crippen molar-refractivity contribution in [3.63, 3.8) is 0 Å². The van der Waals surface area contributed by atoms with E-state index in [-0.39, 0.29) is 6.09 Å². The fraction of sp³-hybridized carbons (Fsp3) is 0.938. The Labute approximate surface area is 129 Å². The zero-order chi connectivity index (χ0) is 15.7. The first-order valence-electron chi connectivity index (χ1n) is 8.10. The summed E-state index contributed by atoms with van der Waals surface area (Å²) in [4.78, 5) is 11.5. The molecule has 0 heterocycles. The zero-order valence-corrected chi connectivity index (χ0v) is 14.0. The molecule has 5 nitrogen and oxygen atoms in total. The summed E-state index contributed by atoms with van der Waals surface area (Å²) in [5.41, 5.74) is -0.438. The van der Waals surface area contributed by atoms with Crippen LogP contribution in [0.25, 0.3) is 0 Å². The van der Waals surface area contributed by atoms with Crippen LogP contribution in [0.5, 0.6) is 0 Å². The Kier molecular flexibility index (Phi) is 8.04. The second kappa shape index (κ2) is 9.26. The highest BCUT2D eigenvalue weighted by Gasteiger charge is 2.19. The van der Waals surface area contributed by atoms with Crippen LogP contribution in [0.2, 0.25) is 0 Å². The van der Waals surface area contributed by atoms with Crippen LogP contribution in [0.15, 0.2) is 0 Å². The molecule has 1 rings (SSSR count). The molecule has 1 amide bonds. The molecular weight excluding hydrogens is 268 g/mol. The zero-order valence-electron chi connectivity index (χ0n) is 14.0. The lowest BCUT2D eigenvalue weighted by atomic mass is 9.85. The van der Waals surface area contributed by atoms with Gasteiger partial charge in [-0.15, -0.1) is 0 Å². The summed E-state index contributed by atoms with van der Waals surface area (Å²) in [7, 11) is 1.73. The standard InChI is InChI=1S/C16H32N2O3/c1-16(2,3)21-15(19)17-10-6-9-14(12-20-4)18-11-13-7-5-8-13/h13-14,18H,5-12H2,1-4H3,(H,17,19). The lowest BCUT2D eigenvalue weighted by Crippen LogP contribution is -2.39. The number of rotatable bonds is 9. The van der Waals surface area contributed by atoms with Gasteiger partial charge in [0, 0.05) is 19.7 Å². The van der Waals surface area contributed by atoms with E-state index in [4.69, 9.17) is 9.47 Å². The summed E-state index contributed by atoms with van der Waals surface area (Å²) in [6, 6.07) is 0.371. The summed E-state index contributed by atoms with van der Waals surface area (Å²) in [5, 5.41) is 6.37. The van der Waals surface area contributed by atoms with E-state index in [1.54, 1.807) is 7.11 Å². The van der Waals surface area contributed by atoms with Crippen LogP contribution in [-0.4, -0.2) is 44.5 Å². The number of hydrogen-bond acceptors (Lipinski definition) is 4. The largest absolute Gasteiger partial charge is 0.444 e. The van der Waals surface area contributed by atoms with E-state index in [1.807, 2.05) is 20.8 Å². The molecule has 0 bridgehead atoms. The second-order valence-electron chi connectivity index (χ2n) is 6.93. The van der Waals surface area contributed by atoms with Gasteiger partial charge in [-0.2, -0.15) is 0 Å². The Bertz CT molecular complexity index is 298. The van der Waals surface area contributed by atoms with Crippen molar-refractivity contribution >= 4 is 6.09 Å².